The number of benzene rings is 3. The lowest BCUT2D eigenvalue weighted by atomic mass is 10.2. The second-order valence-corrected chi connectivity index (χ2v) is 9.94. The van der Waals surface area contributed by atoms with E-state index < -0.39 is 27.2 Å². The molecule has 4 rings (SSSR count). The molecule has 0 bridgehead atoms. The fourth-order valence-electron chi connectivity index (χ4n) is 3.44. The highest BCUT2D eigenvalue weighted by Gasteiger charge is 2.18. The Hall–Kier alpha value is -4.35. The molecular formula is C25H21ClN4O6S. The van der Waals surface area contributed by atoms with Crippen molar-refractivity contribution in [2.75, 3.05) is 11.8 Å². The molecule has 0 saturated heterocycles. The van der Waals surface area contributed by atoms with E-state index in [1.807, 2.05) is 0 Å². The molecule has 0 spiro atoms. The van der Waals surface area contributed by atoms with Gasteiger partial charge in [-0.15, -0.1) is 0 Å². The van der Waals surface area contributed by atoms with Crippen LogP contribution in [-0.4, -0.2) is 36.4 Å². The Bertz CT molecular complexity index is 1730. The molecule has 1 heterocycles. The molecule has 0 radical (unpaired) electrons. The Balaban J connectivity index is 1.70. The second kappa shape index (κ2) is 10.3. The van der Waals surface area contributed by atoms with Crippen molar-refractivity contribution >= 4 is 39.2 Å². The van der Waals surface area contributed by atoms with Crippen LogP contribution in [0.2, 0.25) is 5.02 Å². The predicted molar refractivity (Wildman–Crippen MR) is 142 cm³/mol. The number of para-hydroxylation sites is 1. The van der Waals surface area contributed by atoms with Crippen LogP contribution in [0.25, 0.3) is 5.69 Å². The first-order chi connectivity index (χ1) is 17.6. The number of halogens is 1. The lowest BCUT2D eigenvalue weighted by molar-refractivity contribution is 0.415. The topological polar surface area (TPSA) is 143 Å². The van der Waals surface area contributed by atoms with Gasteiger partial charge in [0, 0.05) is 17.3 Å². The summed E-state index contributed by atoms with van der Waals surface area (Å²) in [6, 6.07) is 17.0. The Kier molecular flexibility index (Phi) is 7.18. The van der Waals surface area contributed by atoms with Crippen LogP contribution in [0.4, 0.5) is 11.4 Å². The number of H-pyrrole nitrogens is 1. The molecule has 0 saturated carbocycles. The van der Waals surface area contributed by atoms with Gasteiger partial charge in [-0.25, -0.2) is 17.8 Å². The minimum absolute atomic E-state index is 0.0662. The third kappa shape index (κ3) is 5.42. The highest BCUT2D eigenvalue weighted by atomic mass is 35.5. The van der Waals surface area contributed by atoms with Crippen LogP contribution >= 0.6 is 11.6 Å². The van der Waals surface area contributed by atoms with Crippen LogP contribution in [0, 0.1) is 6.92 Å². The van der Waals surface area contributed by atoms with E-state index in [1.165, 1.54) is 49.6 Å². The largest absolute Gasteiger partial charge is 0.494 e. The molecule has 0 fully saturated rings. The smallest absolute Gasteiger partial charge is 0.335 e. The molecular weight excluding hydrogens is 520 g/mol. The van der Waals surface area contributed by atoms with Crippen molar-refractivity contribution in [3.05, 3.63) is 104 Å². The number of rotatable bonds is 7. The van der Waals surface area contributed by atoms with Crippen LogP contribution in [0.15, 0.2) is 86.2 Å². The van der Waals surface area contributed by atoms with Gasteiger partial charge in [0.25, 0.3) is 15.6 Å². The number of hydrogen-bond acceptors (Lipinski definition) is 7. The van der Waals surface area contributed by atoms with E-state index in [-0.39, 0.29) is 27.6 Å². The summed E-state index contributed by atoms with van der Waals surface area (Å²) in [6.07, 6.45) is 1.05. The third-order valence-corrected chi connectivity index (χ3v) is 7.00. The number of anilines is 1. The van der Waals surface area contributed by atoms with Gasteiger partial charge in [0.2, 0.25) is 5.88 Å². The quantitative estimate of drug-likeness (QED) is 0.305. The summed E-state index contributed by atoms with van der Waals surface area (Å²) in [5.74, 6) is -0.536. The summed E-state index contributed by atoms with van der Waals surface area (Å²) < 4.78 is 34.5. The molecule has 3 N–H and O–H groups in total. The number of nitrogens with one attached hydrogen (secondary N) is 2. The first-order valence-electron chi connectivity index (χ1n) is 10.8. The fourth-order valence-corrected chi connectivity index (χ4v) is 4.71. The Morgan fingerprint density at radius 2 is 1.78 bits per heavy atom. The van der Waals surface area contributed by atoms with Crippen LogP contribution in [-0.2, 0) is 10.0 Å². The number of sulfonamides is 1. The van der Waals surface area contributed by atoms with Crippen molar-refractivity contribution < 1.29 is 18.3 Å². The van der Waals surface area contributed by atoms with Gasteiger partial charge in [0.05, 0.1) is 23.4 Å². The molecule has 0 aliphatic carbocycles. The number of aromatic amines is 1. The zero-order valence-electron chi connectivity index (χ0n) is 19.6. The Labute approximate surface area is 216 Å². The second-order valence-electron chi connectivity index (χ2n) is 7.82. The molecule has 37 heavy (non-hydrogen) atoms. The van der Waals surface area contributed by atoms with Gasteiger partial charge in [-0.1, -0.05) is 29.8 Å². The van der Waals surface area contributed by atoms with E-state index >= 15 is 0 Å². The van der Waals surface area contributed by atoms with Gasteiger partial charge < -0.3 is 9.84 Å². The van der Waals surface area contributed by atoms with Gasteiger partial charge in [-0.05, 0) is 55.0 Å². The van der Waals surface area contributed by atoms with Crippen molar-refractivity contribution in [3.8, 4) is 17.3 Å². The van der Waals surface area contributed by atoms with E-state index in [1.54, 1.807) is 31.2 Å². The van der Waals surface area contributed by atoms with Gasteiger partial charge in [0.15, 0.2) is 0 Å². The predicted octanol–water partition coefficient (Wildman–Crippen LogP) is 3.75. The Morgan fingerprint density at radius 1 is 1.08 bits per heavy atom. The number of nitrogens with zero attached hydrogens (tertiary/aromatic N) is 2. The zero-order valence-corrected chi connectivity index (χ0v) is 21.2. The maximum absolute atomic E-state index is 12.9. The van der Waals surface area contributed by atoms with Crippen molar-refractivity contribution in [3.63, 3.8) is 0 Å². The number of aromatic hydroxyl groups is 1. The first kappa shape index (κ1) is 25.7. The number of hydrogen-bond donors (Lipinski definition) is 3. The van der Waals surface area contributed by atoms with Gasteiger partial charge in [-0.3, -0.25) is 19.5 Å². The van der Waals surface area contributed by atoms with E-state index in [0.29, 0.717) is 10.7 Å². The molecule has 1 aromatic heterocycles. The summed E-state index contributed by atoms with van der Waals surface area (Å²) in [4.78, 5) is 31.0. The van der Waals surface area contributed by atoms with Crippen molar-refractivity contribution in [1.29, 1.82) is 0 Å². The lowest BCUT2D eigenvalue weighted by Crippen LogP contribution is -2.31. The standard InChI is InChI=1S/C25H21ClN4O6S/c1-15-5-3-4-6-20(15)29-37(34,35)18-11-12-21(22(13-18)36-2)27-14-19-23(31)28-25(33)30(24(19)32)17-9-7-16(26)8-10-17/h3-14,29,32H,1-2H3,(H,28,31,33). The summed E-state index contributed by atoms with van der Waals surface area (Å²) in [6.45, 7) is 1.78. The maximum Gasteiger partial charge on any atom is 0.335 e. The molecule has 3 aromatic carbocycles. The fraction of sp³-hybridized carbons (Fsp3) is 0.0800. The van der Waals surface area contributed by atoms with E-state index in [2.05, 4.69) is 14.7 Å². The van der Waals surface area contributed by atoms with Gasteiger partial charge >= 0.3 is 5.69 Å². The zero-order chi connectivity index (χ0) is 26.7. The summed E-state index contributed by atoms with van der Waals surface area (Å²) in [5.41, 5.74) is -0.369. The minimum atomic E-state index is -3.93. The minimum Gasteiger partial charge on any atom is -0.494 e. The third-order valence-electron chi connectivity index (χ3n) is 5.39. The van der Waals surface area contributed by atoms with Crippen LogP contribution in [0.3, 0.4) is 0 Å². The van der Waals surface area contributed by atoms with Gasteiger partial charge in [-0.2, -0.15) is 0 Å². The summed E-state index contributed by atoms with van der Waals surface area (Å²) in [5, 5.41) is 11.1. The summed E-state index contributed by atoms with van der Waals surface area (Å²) >= 11 is 5.89. The number of ether oxygens (including phenoxy) is 1. The number of aromatic nitrogens is 2. The monoisotopic (exact) mass is 540 g/mol. The van der Waals surface area contributed by atoms with E-state index in [9.17, 15) is 23.1 Å². The van der Waals surface area contributed by atoms with E-state index in [0.717, 1.165) is 16.3 Å². The molecule has 0 atom stereocenters. The molecule has 190 valence electrons. The first-order valence-corrected chi connectivity index (χ1v) is 12.6. The average Bonchev–Trinajstić information content (AvgIpc) is 2.86. The van der Waals surface area contributed by atoms with Crippen molar-refractivity contribution in [2.45, 2.75) is 11.8 Å². The molecule has 0 aliphatic heterocycles. The lowest BCUT2D eigenvalue weighted by Gasteiger charge is -2.12. The molecule has 0 unspecified atom stereocenters. The normalized spacial score (nSPS) is 11.5. The van der Waals surface area contributed by atoms with Crippen LogP contribution in [0.5, 0.6) is 11.6 Å². The average molecular weight is 541 g/mol. The Morgan fingerprint density at radius 3 is 2.46 bits per heavy atom. The maximum atomic E-state index is 12.9. The molecule has 12 heteroatoms. The molecule has 0 aliphatic rings. The number of methoxy groups -OCH3 is 1. The summed E-state index contributed by atoms with van der Waals surface area (Å²) in [7, 11) is -2.60. The number of aryl methyl sites for hydroxylation is 1. The molecule has 0 amide bonds. The van der Waals surface area contributed by atoms with Crippen molar-refractivity contribution in [1.82, 2.24) is 9.55 Å². The van der Waals surface area contributed by atoms with Crippen LogP contribution in [0.1, 0.15) is 11.1 Å². The van der Waals surface area contributed by atoms with Gasteiger partial charge in [0.1, 0.15) is 17.0 Å². The molecule has 10 nitrogen and oxygen atoms in total. The van der Waals surface area contributed by atoms with Crippen LogP contribution < -0.4 is 20.7 Å². The highest BCUT2D eigenvalue weighted by Crippen LogP contribution is 2.31. The number of aliphatic imine (C=N–C) groups is 1. The van der Waals surface area contributed by atoms with Crippen molar-refractivity contribution in [2.24, 2.45) is 4.99 Å². The highest BCUT2D eigenvalue weighted by molar-refractivity contribution is 7.92. The molecule has 4 aromatic rings. The van der Waals surface area contributed by atoms with E-state index in [4.69, 9.17) is 16.3 Å². The SMILES string of the molecule is COc1cc(S(=O)(=O)Nc2ccccc2C)ccc1N=Cc1c(O)n(-c2ccc(Cl)cc2)c(=O)[nH]c1=O.